The molecule has 3 heteroatoms. The molecule has 1 atom stereocenters. The first-order valence-electron chi connectivity index (χ1n) is 6.42. The lowest BCUT2D eigenvalue weighted by Crippen LogP contribution is -2.15. The number of benzene rings is 1. The lowest BCUT2D eigenvalue weighted by Gasteiger charge is -2.05. The van der Waals surface area contributed by atoms with Crippen LogP contribution in [0.5, 0.6) is 0 Å². The van der Waals surface area contributed by atoms with E-state index in [0.29, 0.717) is 0 Å². The van der Waals surface area contributed by atoms with Gasteiger partial charge in [0.15, 0.2) is 0 Å². The fourth-order valence-electron chi connectivity index (χ4n) is 2.60. The summed E-state index contributed by atoms with van der Waals surface area (Å²) >= 11 is 6.22. The molecule has 0 aliphatic carbocycles. The standard InChI is InChI=1S/C15H21ClN2/c1-9(17)5-6-12-11(3)18(4)15-10(2)14(16)8-7-13(12)15/h7-9H,5-6,17H2,1-4H3. The summed E-state index contributed by atoms with van der Waals surface area (Å²) in [5.74, 6) is 0. The minimum atomic E-state index is 0.244. The first-order chi connectivity index (χ1) is 8.43. The van der Waals surface area contributed by atoms with Gasteiger partial charge < -0.3 is 10.3 Å². The van der Waals surface area contributed by atoms with Crippen LogP contribution in [0.3, 0.4) is 0 Å². The second-order valence-corrected chi connectivity index (χ2v) is 5.61. The summed E-state index contributed by atoms with van der Waals surface area (Å²) in [6.45, 7) is 6.31. The average Bonchev–Trinajstić information content (AvgIpc) is 2.55. The van der Waals surface area contributed by atoms with Crippen LogP contribution in [0.4, 0.5) is 0 Å². The molecule has 0 fully saturated rings. The third kappa shape index (κ3) is 2.15. The Hall–Kier alpha value is -0.990. The number of aryl methyl sites for hydroxylation is 3. The van der Waals surface area contributed by atoms with Crippen LogP contribution < -0.4 is 5.73 Å². The van der Waals surface area contributed by atoms with Crippen molar-refractivity contribution in [3.8, 4) is 0 Å². The van der Waals surface area contributed by atoms with Gasteiger partial charge in [-0.15, -0.1) is 0 Å². The first kappa shape index (κ1) is 13.4. The predicted molar refractivity (Wildman–Crippen MR) is 79.4 cm³/mol. The van der Waals surface area contributed by atoms with E-state index in [1.165, 1.54) is 22.2 Å². The second-order valence-electron chi connectivity index (χ2n) is 5.21. The minimum absolute atomic E-state index is 0.244. The highest BCUT2D eigenvalue weighted by atomic mass is 35.5. The van der Waals surface area contributed by atoms with E-state index in [1.54, 1.807) is 0 Å². The molecule has 2 aromatic rings. The van der Waals surface area contributed by atoms with E-state index in [4.69, 9.17) is 17.3 Å². The Morgan fingerprint density at radius 3 is 2.61 bits per heavy atom. The van der Waals surface area contributed by atoms with Gasteiger partial charge in [0.2, 0.25) is 0 Å². The summed E-state index contributed by atoms with van der Waals surface area (Å²) < 4.78 is 2.24. The van der Waals surface area contributed by atoms with E-state index in [-0.39, 0.29) is 6.04 Å². The highest BCUT2D eigenvalue weighted by Gasteiger charge is 2.15. The van der Waals surface area contributed by atoms with Crippen LogP contribution in [-0.2, 0) is 13.5 Å². The fourth-order valence-corrected chi connectivity index (χ4v) is 2.76. The summed E-state index contributed by atoms with van der Waals surface area (Å²) in [4.78, 5) is 0. The van der Waals surface area contributed by atoms with Crippen molar-refractivity contribution in [2.45, 2.75) is 39.7 Å². The quantitative estimate of drug-likeness (QED) is 0.900. The minimum Gasteiger partial charge on any atom is -0.347 e. The molecule has 1 heterocycles. The zero-order chi connectivity index (χ0) is 13.4. The Balaban J connectivity index is 2.60. The van der Waals surface area contributed by atoms with E-state index in [1.807, 2.05) is 6.07 Å². The molecule has 1 aromatic carbocycles. The number of halogens is 1. The Kier molecular flexibility index (Phi) is 3.69. The fraction of sp³-hybridized carbons (Fsp3) is 0.467. The van der Waals surface area contributed by atoms with Gasteiger partial charge in [-0.1, -0.05) is 17.7 Å². The summed E-state index contributed by atoms with van der Waals surface area (Å²) in [5, 5.41) is 2.15. The van der Waals surface area contributed by atoms with E-state index in [0.717, 1.165) is 23.4 Å². The first-order valence-corrected chi connectivity index (χ1v) is 6.79. The lowest BCUT2D eigenvalue weighted by molar-refractivity contribution is 0.664. The number of nitrogens with two attached hydrogens (primary N) is 1. The Morgan fingerprint density at radius 1 is 1.33 bits per heavy atom. The molecule has 0 aliphatic rings. The third-order valence-electron chi connectivity index (χ3n) is 3.81. The molecule has 18 heavy (non-hydrogen) atoms. The van der Waals surface area contributed by atoms with Gasteiger partial charge >= 0.3 is 0 Å². The van der Waals surface area contributed by atoms with Gasteiger partial charge in [-0.05, 0) is 50.8 Å². The molecule has 0 radical (unpaired) electrons. The molecule has 0 spiro atoms. The molecule has 0 saturated carbocycles. The van der Waals surface area contributed by atoms with Crippen molar-refractivity contribution in [3.05, 3.63) is 34.0 Å². The molecule has 2 nitrogen and oxygen atoms in total. The molecular formula is C15H21ClN2. The largest absolute Gasteiger partial charge is 0.347 e. The maximum Gasteiger partial charge on any atom is 0.0527 e. The van der Waals surface area contributed by atoms with E-state index in [9.17, 15) is 0 Å². The van der Waals surface area contributed by atoms with Crippen molar-refractivity contribution in [2.24, 2.45) is 12.8 Å². The SMILES string of the molecule is Cc1c(Cl)ccc2c(CCC(C)N)c(C)n(C)c12. The van der Waals surface area contributed by atoms with Gasteiger partial charge in [-0.3, -0.25) is 0 Å². The van der Waals surface area contributed by atoms with Crippen molar-refractivity contribution in [2.75, 3.05) is 0 Å². The summed E-state index contributed by atoms with van der Waals surface area (Å²) in [7, 11) is 2.11. The molecule has 0 bridgehead atoms. The van der Waals surface area contributed by atoms with Gasteiger partial charge in [0.25, 0.3) is 0 Å². The van der Waals surface area contributed by atoms with E-state index >= 15 is 0 Å². The molecule has 2 N–H and O–H groups in total. The maximum absolute atomic E-state index is 6.22. The van der Waals surface area contributed by atoms with Crippen LogP contribution in [0.1, 0.15) is 30.2 Å². The zero-order valence-corrected chi connectivity index (χ0v) is 12.3. The lowest BCUT2D eigenvalue weighted by atomic mass is 10.0. The van der Waals surface area contributed by atoms with Crippen LogP contribution >= 0.6 is 11.6 Å². The van der Waals surface area contributed by atoms with Crippen LogP contribution in [0.2, 0.25) is 5.02 Å². The molecule has 0 amide bonds. The maximum atomic E-state index is 6.22. The molecule has 98 valence electrons. The zero-order valence-electron chi connectivity index (χ0n) is 11.5. The monoisotopic (exact) mass is 264 g/mol. The smallest absolute Gasteiger partial charge is 0.0527 e. The van der Waals surface area contributed by atoms with Gasteiger partial charge in [0.05, 0.1) is 5.52 Å². The van der Waals surface area contributed by atoms with Crippen molar-refractivity contribution in [1.29, 1.82) is 0 Å². The normalized spacial score (nSPS) is 13.2. The average molecular weight is 265 g/mol. The van der Waals surface area contributed by atoms with Crippen LogP contribution in [-0.4, -0.2) is 10.6 Å². The van der Waals surface area contributed by atoms with Crippen molar-refractivity contribution < 1.29 is 0 Å². The Bertz CT molecular complexity index is 582. The summed E-state index contributed by atoms with van der Waals surface area (Å²) in [6, 6.07) is 4.37. The molecule has 1 unspecified atom stereocenters. The Morgan fingerprint density at radius 2 is 2.00 bits per heavy atom. The van der Waals surface area contributed by atoms with E-state index < -0.39 is 0 Å². The Labute approximate surface area is 114 Å². The number of hydrogen-bond donors (Lipinski definition) is 1. The van der Waals surface area contributed by atoms with Gasteiger partial charge in [-0.25, -0.2) is 0 Å². The summed E-state index contributed by atoms with van der Waals surface area (Å²) in [6.07, 6.45) is 2.05. The molecule has 2 rings (SSSR count). The highest BCUT2D eigenvalue weighted by Crippen LogP contribution is 2.32. The molecular weight excluding hydrogens is 244 g/mol. The number of nitrogens with zero attached hydrogens (tertiary/aromatic N) is 1. The van der Waals surface area contributed by atoms with Crippen LogP contribution in [0.25, 0.3) is 10.9 Å². The van der Waals surface area contributed by atoms with Crippen molar-refractivity contribution in [3.63, 3.8) is 0 Å². The number of fused-ring (bicyclic) bond motifs is 1. The highest BCUT2D eigenvalue weighted by molar-refractivity contribution is 6.32. The van der Waals surface area contributed by atoms with Crippen molar-refractivity contribution in [1.82, 2.24) is 4.57 Å². The van der Waals surface area contributed by atoms with Gasteiger partial charge in [0, 0.05) is 29.2 Å². The molecule has 0 aliphatic heterocycles. The number of aromatic nitrogens is 1. The molecule has 0 saturated heterocycles. The number of rotatable bonds is 3. The third-order valence-corrected chi connectivity index (χ3v) is 4.22. The van der Waals surface area contributed by atoms with E-state index in [2.05, 4.69) is 38.5 Å². The van der Waals surface area contributed by atoms with Crippen LogP contribution in [0.15, 0.2) is 12.1 Å². The summed E-state index contributed by atoms with van der Waals surface area (Å²) in [5.41, 5.74) is 11.0. The molecule has 1 aromatic heterocycles. The van der Waals surface area contributed by atoms with Crippen LogP contribution in [0, 0.1) is 13.8 Å². The predicted octanol–water partition coefficient (Wildman–Crippen LogP) is 3.73. The van der Waals surface area contributed by atoms with Gasteiger partial charge in [0.1, 0.15) is 0 Å². The topological polar surface area (TPSA) is 30.9 Å². The number of hydrogen-bond acceptors (Lipinski definition) is 1. The second kappa shape index (κ2) is 4.94. The van der Waals surface area contributed by atoms with Gasteiger partial charge in [-0.2, -0.15) is 0 Å². The van der Waals surface area contributed by atoms with Crippen molar-refractivity contribution >= 4 is 22.5 Å².